The summed E-state index contributed by atoms with van der Waals surface area (Å²) in [6, 6.07) is 39.2. The molecule has 8 aromatic rings. The van der Waals surface area contributed by atoms with Crippen LogP contribution in [0.25, 0.3) is 33.6 Å². The van der Waals surface area contributed by atoms with Gasteiger partial charge in [0.05, 0.1) is 0 Å². The van der Waals surface area contributed by atoms with E-state index in [2.05, 4.69) is 296 Å². The van der Waals surface area contributed by atoms with Crippen molar-refractivity contribution in [1.29, 1.82) is 0 Å². The van der Waals surface area contributed by atoms with Gasteiger partial charge in [0.2, 0.25) is 0 Å². The van der Waals surface area contributed by atoms with Crippen molar-refractivity contribution in [3.05, 3.63) is 174 Å². The number of unbranched alkanes of at least 4 members (excludes halogenated alkanes) is 2. The molecule has 2 atom stereocenters. The van der Waals surface area contributed by atoms with Crippen LogP contribution in [0.4, 0.5) is 0 Å². The molecule has 8 nitrogen and oxygen atoms in total. The molecule has 0 saturated heterocycles. The van der Waals surface area contributed by atoms with Crippen LogP contribution in [0.1, 0.15) is 193 Å². The van der Waals surface area contributed by atoms with Crippen LogP contribution in [0, 0.1) is 33.6 Å². The average Bonchev–Trinajstić information content (AvgIpc) is 4.18. The normalized spacial score (nSPS) is 13.2. The van der Waals surface area contributed by atoms with Crippen LogP contribution in [0.5, 0.6) is 0 Å². The SMILES string of the molecule is Cc1cc(CCCCC(C)n2ccn(-c3[c-]ccc(-c4cc(C(C)(C)C)cc(C(C)(C)C)c4)c3)[c]2=[Pt])n[n-]1.Cc1cc(CCCCC(C)n2ccn(-c3[c-]ccc(-c4cc(C(C)(C)C)cc(C(C)(C)C)c4)c3)[c]2=[Pt])n[n-]1. The second-order valence-corrected chi connectivity index (χ2v) is 27.3. The number of hydrogen-bond donors (Lipinski definition) is 0. The summed E-state index contributed by atoms with van der Waals surface area (Å²) in [5.74, 6) is 0. The summed E-state index contributed by atoms with van der Waals surface area (Å²) < 4.78 is 11.7. The van der Waals surface area contributed by atoms with Crippen LogP contribution in [0.3, 0.4) is 0 Å². The van der Waals surface area contributed by atoms with Crippen molar-refractivity contribution >= 4 is 0 Å². The van der Waals surface area contributed by atoms with Gasteiger partial charge in [-0.05, 0) is 0 Å². The van der Waals surface area contributed by atoms with Gasteiger partial charge >= 0.3 is 481 Å². The van der Waals surface area contributed by atoms with Crippen LogP contribution < -0.4 is 10.2 Å². The molecule has 0 radical (unpaired) electrons. The van der Waals surface area contributed by atoms with Crippen molar-refractivity contribution in [2.75, 3.05) is 0 Å². The Morgan fingerprint density at radius 3 is 1.11 bits per heavy atom. The molecule has 0 fully saturated rings. The fourth-order valence-corrected chi connectivity index (χ4v) is 11.7. The average molecular weight is 1380 g/mol. The second kappa shape index (κ2) is 24.4. The van der Waals surface area contributed by atoms with Crippen LogP contribution >= 0.6 is 0 Å². The number of hydrogen-bond acceptors (Lipinski definition) is 2. The van der Waals surface area contributed by atoms with E-state index in [0.717, 1.165) is 72.7 Å². The molecule has 0 bridgehead atoms. The van der Waals surface area contributed by atoms with Gasteiger partial charge in [-0.3, -0.25) is 0 Å². The topological polar surface area (TPSA) is 73.7 Å². The van der Waals surface area contributed by atoms with E-state index in [1.807, 2.05) is 13.8 Å². The van der Waals surface area contributed by atoms with E-state index >= 15 is 0 Å². The first kappa shape index (κ1) is 58.8. The molecular formula is C66H84N8Pt2-4. The van der Waals surface area contributed by atoms with Crippen molar-refractivity contribution in [2.45, 2.75) is 196 Å². The zero-order valence-corrected chi connectivity index (χ0v) is 53.0. The molecule has 0 amide bonds. The van der Waals surface area contributed by atoms with Gasteiger partial charge in [0.25, 0.3) is 0 Å². The van der Waals surface area contributed by atoms with Gasteiger partial charge in [-0.1, -0.05) is 0 Å². The van der Waals surface area contributed by atoms with Gasteiger partial charge in [-0.2, -0.15) is 0 Å². The molecule has 0 N–H and O–H groups in total. The Kier molecular flexibility index (Phi) is 18.9. The zero-order valence-electron chi connectivity index (χ0n) is 48.4. The van der Waals surface area contributed by atoms with E-state index in [9.17, 15) is 0 Å². The second-order valence-electron chi connectivity index (χ2n) is 25.3. The number of imidazole rings is 2. The molecule has 0 aliphatic rings. The molecule has 10 heteroatoms. The van der Waals surface area contributed by atoms with E-state index in [4.69, 9.17) is 0 Å². The Hall–Kier alpha value is -4.90. The third kappa shape index (κ3) is 15.2. The van der Waals surface area contributed by atoms with E-state index < -0.39 is 0 Å². The van der Waals surface area contributed by atoms with Gasteiger partial charge in [-0.15, -0.1) is 0 Å². The standard InChI is InChI=1S/2C33H42N4.2Pt/c2*1-24-18-30(35-34-24)14-10-9-12-25(2)36-16-17-37(23-36)31-15-11-13-26(21-31)27-19-28(32(3,4)5)22-29(20-27)33(6,7)8;;/h2*11,13,16-22,25H,9-10,12,14H2,1-8H3;;/q2*-2;;. The van der Waals surface area contributed by atoms with Crippen LogP contribution in [0.15, 0.2) is 110 Å². The molecule has 412 valence electrons. The number of nitrogens with zero attached hydrogens (tertiary/aromatic N) is 8. The first-order valence-electron chi connectivity index (χ1n) is 27.4. The Morgan fingerprint density at radius 2 is 0.803 bits per heavy atom. The van der Waals surface area contributed by atoms with Gasteiger partial charge in [-0.25, -0.2) is 0 Å². The summed E-state index contributed by atoms with van der Waals surface area (Å²) in [4.78, 5) is 0. The molecule has 0 aliphatic carbocycles. The van der Waals surface area contributed by atoms with Gasteiger partial charge in [0, 0.05) is 0 Å². The molecule has 4 heterocycles. The third-order valence-electron chi connectivity index (χ3n) is 14.6. The van der Waals surface area contributed by atoms with Crippen LogP contribution in [-0.4, -0.2) is 28.5 Å². The van der Waals surface area contributed by atoms with Crippen molar-refractivity contribution < 1.29 is 38.7 Å². The van der Waals surface area contributed by atoms with E-state index in [0.29, 0.717) is 12.1 Å². The van der Waals surface area contributed by atoms with Crippen molar-refractivity contribution in [2.24, 2.45) is 0 Å². The molecule has 0 saturated carbocycles. The summed E-state index contributed by atoms with van der Waals surface area (Å²) in [5, 5.41) is 16.7. The summed E-state index contributed by atoms with van der Waals surface area (Å²) in [6.45, 7) is 36.1. The number of benzene rings is 4. The van der Waals surface area contributed by atoms with Crippen molar-refractivity contribution in [1.82, 2.24) is 38.7 Å². The van der Waals surface area contributed by atoms with Crippen LogP contribution in [-0.2, 0) is 73.2 Å². The van der Waals surface area contributed by atoms with Gasteiger partial charge < -0.3 is 0 Å². The molecule has 0 aliphatic heterocycles. The fraction of sp³-hybridized carbons (Fsp3) is 0.455. The maximum absolute atomic E-state index is 4.24. The first-order valence-corrected chi connectivity index (χ1v) is 29.7. The molecular weight excluding hydrogens is 1290 g/mol. The van der Waals surface area contributed by atoms with E-state index in [-0.39, 0.29) is 21.7 Å². The monoisotopic (exact) mass is 1380 g/mol. The Labute approximate surface area is 478 Å². The number of aromatic nitrogens is 8. The van der Waals surface area contributed by atoms with Gasteiger partial charge in [0.15, 0.2) is 0 Å². The van der Waals surface area contributed by atoms with Gasteiger partial charge in [0.1, 0.15) is 0 Å². The van der Waals surface area contributed by atoms with Crippen molar-refractivity contribution in [3.63, 3.8) is 0 Å². The van der Waals surface area contributed by atoms with Crippen molar-refractivity contribution in [3.8, 4) is 33.6 Å². The van der Waals surface area contributed by atoms with E-state index in [1.54, 1.807) is 0 Å². The summed E-state index contributed by atoms with van der Waals surface area (Å²) in [7, 11) is 0. The summed E-state index contributed by atoms with van der Waals surface area (Å²) in [6.07, 6.45) is 17.7. The quantitative estimate of drug-likeness (QED) is 0.0714. The van der Waals surface area contributed by atoms with E-state index in [1.165, 1.54) is 65.0 Å². The summed E-state index contributed by atoms with van der Waals surface area (Å²) >= 11 is 4.91. The zero-order chi connectivity index (χ0) is 55.3. The molecule has 4 aromatic carbocycles. The Balaban J connectivity index is 0.000000221. The minimum absolute atomic E-state index is 0.0901. The molecule has 2 unspecified atom stereocenters. The minimum atomic E-state index is 0.0901. The molecule has 4 aromatic heterocycles. The predicted molar refractivity (Wildman–Crippen MR) is 306 cm³/mol. The molecule has 8 rings (SSSR count). The van der Waals surface area contributed by atoms with Crippen LogP contribution in [0.2, 0.25) is 0 Å². The third-order valence-corrected chi connectivity index (χ3v) is 16.9. The Morgan fingerprint density at radius 1 is 0.461 bits per heavy atom. The summed E-state index contributed by atoms with van der Waals surface area (Å²) in [5.41, 5.74) is 17.2. The Bertz CT molecular complexity index is 3030. The maximum atomic E-state index is 4.24. The fourth-order valence-electron chi connectivity index (χ4n) is 9.49. The number of rotatable bonds is 16. The number of aryl methyl sites for hydroxylation is 4. The molecule has 76 heavy (non-hydrogen) atoms. The predicted octanol–water partition coefficient (Wildman–Crippen LogP) is 16.1. The molecule has 0 spiro atoms. The first-order chi connectivity index (χ1) is 35.6.